The second-order valence-electron chi connectivity index (χ2n) is 5.06. The molecule has 0 aliphatic heterocycles. The van der Waals surface area contributed by atoms with E-state index in [4.69, 9.17) is 11.6 Å². The van der Waals surface area contributed by atoms with Gasteiger partial charge in [0.15, 0.2) is 5.02 Å². The molecule has 0 spiro atoms. The number of nitro groups is 2. The molecular formula is C15H11ClN4O6. The van der Waals surface area contributed by atoms with Gasteiger partial charge >= 0.3 is 0 Å². The molecule has 0 aliphatic carbocycles. The molecule has 26 heavy (non-hydrogen) atoms. The number of halogens is 1. The molecule has 0 heterocycles. The summed E-state index contributed by atoms with van der Waals surface area (Å²) in [4.78, 5) is 43.4. The molecule has 0 aromatic heterocycles. The van der Waals surface area contributed by atoms with Crippen LogP contribution in [0.5, 0.6) is 0 Å². The van der Waals surface area contributed by atoms with E-state index in [1.807, 2.05) is 0 Å². The SMILES string of the molecule is CC(=O)Nc1ccc(NC(=O)c2cc([N+](=O)[O-])c(Cl)c([N+](=O)[O-])c2)cc1. The van der Waals surface area contributed by atoms with E-state index < -0.39 is 32.2 Å². The van der Waals surface area contributed by atoms with E-state index in [-0.39, 0.29) is 11.5 Å². The first kappa shape index (κ1) is 18.8. The Morgan fingerprint density at radius 2 is 1.35 bits per heavy atom. The number of benzene rings is 2. The van der Waals surface area contributed by atoms with E-state index in [1.54, 1.807) is 0 Å². The molecule has 0 radical (unpaired) electrons. The van der Waals surface area contributed by atoms with Crippen molar-refractivity contribution in [3.05, 3.63) is 67.2 Å². The fraction of sp³-hybridized carbons (Fsp3) is 0.0667. The van der Waals surface area contributed by atoms with Crippen molar-refractivity contribution in [2.75, 3.05) is 10.6 Å². The predicted molar refractivity (Wildman–Crippen MR) is 93.5 cm³/mol. The number of anilines is 2. The molecule has 2 aromatic rings. The Hall–Kier alpha value is -3.53. The second-order valence-corrected chi connectivity index (χ2v) is 5.43. The first-order valence-corrected chi connectivity index (χ1v) is 7.38. The van der Waals surface area contributed by atoms with Crippen LogP contribution in [-0.2, 0) is 4.79 Å². The zero-order chi connectivity index (χ0) is 19.4. The highest BCUT2D eigenvalue weighted by atomic mass is 35.5. The molecule has 0 unspecified atom stereocenters. The third-order valence-corrected chi connectivity index (χ3v) is 3.54. The highest BCUT2D eigenvalue weighted by molar-refractivity contribution is 6.35. The minimum Gasteiger partial charge on any atom is -0.326 e. The number of nitrogens with one attached hydrogen (secondary N) is 2. The van der Waals surface area contributed by atoms with Crippen molar-refractivity contribution in [2.24, 2.45) is 0 Å². The molecule has 2 rings (SSSR count). The van der Waals surface area contributed by atoms with Crippen LogP contribution in [-0.4, -0.2) is 21.7 Å². The molecule has 0 saturated carbocycles. The predicted octanol–water partition coefficient (Wildman–Crippen LogP) is 3.37. The quantitative estimate of drug-likeness (QED) is 0.602. The van der Waals surface area contributed by atoms with E-state index in [9.17, 15) is 29.8 Å². The Balaban J connectivity index is 2.30. The average Bonchev–Trinajstić information content (AvgIpc) is 2.55. The van der Waals surface area contributed by atoms with Gasteiger partial charge in [-0.2, -0.15) is 0 Å². The molecule has 0 bridgehead atoms. The standard InChI is InChI=1S/C15H11ClN4O6/c1-8(21)17-10-2-4-11(5-3-10)18-15(22)9-6-12(19(23)24)14(16)13(7-9)20(25)26/h2-7H,1H3,(H,17,21)(H,18,22). The van der Waals surface area contributed by atoms with Gasteiger partial charge in [-0.1, -0.05) is 11.6 Å². The number of nitro benzene ring substituents is 2. The number of carbonyl (C=O) groups is 2. The Morgan fingerprint density at radius 3 is 1.73 bits per heavy atom. The Labute approximate surface area is 151 Å². The molecule has 2 amide bonds. The summed E-state index contributed by atoms with van der Waals surface area (Å²) in [7, 11) is 0. The zero-order valence-corrected chi connectivity index (χ0v) is 13.9. The summed E-state index contributed by atoms with van der Waals surface area (Å²) < 4.78 is 0. The number of carbonyl (C=O) groups excluding carboxylic acids is 2. The monoisotopic (exact) mass is 378 g/mol. The Morgan fingerprint density at radius 1 is 0.923 bits per heavy atom. The number of hydrogen-bond donors (Lipinski definition) is 2. The number of nitrogens with zero attached hydrogens (tertiary/aromatic N) is 2. The van der Waals surface area contributed by atoms with Crippen LogP contribution >= 0.6 is 11.6 Å². The van der Waals surface area contributed by atoms with Crippen molar-refractivity contribution in [3.63, 3.8) is 0 Å². The minimum atomic E-state index is -0.908. The molecule has 0 aliphatic rings. The Bertz CT molecular complexity index is 878. The summed E-state index contributed by atoms with van der Waals surface area (Å²) in [5.74, 6) is -1.05. The van der Waals surface area contributed by atoms with Crippen LogP contribution in [0.1, 0.15) is 17.3 Å². The van der Waals surface area contributed by atoms with Crippen LogP contribution in [0, 0.1) is 20.2 Å². The van der Waals surface area contributed by atoms with Crippen molar-refractivity contribution in [3.8, 4) is 0 Å². The maximum Gasteiger partial charge on any atom is 0.295 e. The molecular weight excluding hydrogens is 368 g/mol. The summed E-state index contributed by atoms with van der Waals surface area (Å²) in [6.45, 7) is 1.34. The van der Waals surface area contributed by atoms with Gasteiger partial charge in [0.1, 0.15) is 0 Å². The maximum atomic E-state index is 12.3. The lowest BCUT2D eigenvalue weighted by atomic mass is 10.1. The summed E-state index contributed by atoms with van der Waals surface area (Å²) in [6, 6.07) is 7.75. The highest BCUT2D eigenvalue weighted by Gasteiger charge is 2.27. The van der Waals surface area contributed by atoms with Gasteiger partial charge in [-0.05, 0) is 24.3 Å². The van der Waals surface area contributed by atoms with Crippen molar-refractivity contribution in [1.82, 2.24) is 0 Å². The lowest BCUT2D eigenvalue weighted by Crippen LogP contribution is -2.13. The molecule has 134 valence electrons. The van der Waals surface area contributed by atoms with Crippen LogP contribution in [0.4, 0.5) is 22.7 Å². The molecule has 0 fully saturated rings. The van der Waals surface area contributed by atoms with Gasteiger partial charge in [-0.25, -0.2) is 0 Å². The van der Waals surface area contributed by atoms with Crippen LogP contribution in [0.15, 0.2) is 36.4 Å². The molecule has 11 heteroatoms. The minimum absolute atomic E-state index is 0.262. The maximum absolute atomic E-state index is 12.3. The largest absolute Gasteiger partial charge is 0.326 e. The van der Waals surface area contributed by atoms with Gasteiger partial charge in [0.25, 0.3) is 17.3 Å². The van der Waals surface area contributed by atoms with Gasteiger partial charge in [-0.3, -0.25) is 29.8 Å². The third kappa shape index (κ3) is 4.30. The summed E-state index contributed by atoms with van der Waals surface area (Å²) in [5, 5.41) is 26.3. The van der Waals surface area contributed by atoms with Gasteiger partial charge < -0.3 is 10.6 Å². The number of hydrogen-bond acceptors (Lipinski definition) is 6. The van der Waals surface area contributed by atoms with Crippen molar-refractivity contribution >= 4 is 46.2 Å². The summed E-state index contributed by atoms with van der Waals surface area (Å²) in [5.41, 5.74) is -0.949. The van der Waals surface area contributed by atoms with Crippen LogP contribution < -0.4 is 10.6 Å². The number of amides is 2. The van der Waals surface area contributed by atoms with Crippen LogP contribution in [0.2, 0.25) is 5.02 Å². The second kappa shape index (κ2) is 7.57. The zero-order valence-electron chi connectivity index (χ0n) is 13.2. The van der Waals surface area contributed by atoms with Gasteiger partial charge in [0, 0.05) is 30.4 Å². The topological polar surface area (TPSA) is 144 Å². The normalized spacial score (nSPS) is 10.1. The lowest BCUT2D eigenvalue weighted by molar-refractivity contribution is -0.393. The van der Waals surface area contributed by atoms with E-state index in [0.29, 0.717) is 11.4 Å². The van der Waals surface area contributed by atoms with E-state index in [2.05, 4.69) is 10.6 Å². The first-order valence-electron chi connectivity index (χ1n) is 7.00. The fourth-order valence-corrected chi connectivity index (χ4v) is 2.28. The van der Waals surface area contributed by atoms with Crippen LogP contribution in [0.25, 0.3) is 0 Å². The number of rotatable bonds is 5. The first-order chi connectivity index (χ1) is 12.2. The van der Waals surface area contributed by atoms with E-state index in [1.165, 1.54) is 31.2 Å². The molecule has 0 saturated heterocycles. The third-order valence-electron chi connectivity index (χ3n) is 3.15. The summed E-state index contributed by atoms with van der Waals surface area (Å²) >= 11 is 5.65. The van der Waals surface area contributed by atoms with Gasteiger partial charge in [0.2, 0.25) is 5.91 Å². The van der Waals surface area contributed by atoms with Crippen molar-refractivity contribution in [2.45, 2.75) is 6.92 Å². The molecule has 2 aromatic carbocycles. The molecule has 0 atom stereocenters. The molecule has 10 nitrogen and oxygen atoms in total. The van der Waals surface area contributed by atoms with Crippen molar-refractivity contribution < 1.29 is 19.4 Å². The average molecular weight is 379 g/mol. The smallest absolute Gasteiger partial charge is 0.295 e. The van der Waals surface area contributed by atoms with E-state index in [0.717, 1.165) is 12.1 Å². The fourth-order valence-electron chi connectivity index (χ4n) is 2.03. The molecule has 2 N–H and O–H groups in total. The lowest BCUT2D eigenvalue weighted by Gasteiger charge is -2.07. The van der Waals surface area contributed by atoms with Gasteiger partial charge in [-0.15, -0.1) is 0 Å². The van der Waals surface area contributed by atoms with Crippen LogP contribution in [0.3, 0.4) is 0 Å². The highest BCUT2D eigenvalue weighted by Crippen LogP contribution is 2.35. The summed E-state index contributed by atoms with van der Waals surface area (Å²) in [6.07, 6.45) is 0. The van der Waals surface area contributed by atoms with Gasteiger partial charge in [0.05, 0.1) is 15.4 Å². The van der Waals surface area contributed by atoms with Crippen molar-refractivity contribution in [1.29, 1.82) is 0 Å². The Kier molecular flexibility index (Phi) is 5.48. The van der Waals surface area contributed by atoms with E-state index >= 15 is 0 Å².